The molecule has 1 aliphatic rings. The van der Waals surface area contributed by atoms with Gasteiger partial charge >= 0.3 is 0 Å². The van der Waals surface area contributed by atoms with Gasteiger partial charge in [-0.2, -0.15) is 0 Å². The Morgan fingerprint density at radius 2 is 1.89 bits per heavy atom. The van der Waals surface area contributed by atoms with E-state index in [0.717, 1.165) is 38.8 Å². The van der Waals surface area contributed by atoms with Gasteiger partial charge in [0.2, 0.25) is 5.91 Å². The Hall–Kier alpha value is -0.610. The fourth-order valence-corrected chi connectivity index (χ4v) is 2.39. The highest BCUT2D eigenvalue weighted by atomic mass is 16.3. The van der Waals surface area contributed by atoms with Crippen LogP contribution < -0.4 is 5.32 Å². The Balaban J connectivity index is 2.21. The number of aliphatic hydroxyl groups excluding tert-OH is 1. The number of hydrogen-bond donors (Lipinski definition) is 2. The molecule has 0 saturated carbocycles. The lowest BCUT2D eigenvalue weighted by molar-refractivity contribution is -0.122. The molecule has 1 heterocycles. The molecule has 1 rings (SSSR count). The number of nitrogens with one attached hydrogen (secondary N) is 1. The Labute approximate surface area is 111 Å². The molecular weight excluding hydrogens is 228 g/mol. The van der Waals surface area contributed by atoms with E-state index in [9.17, 15) is 4.79 Å². The van der Waals surface area contributed by atoms with Gasteiger partial charge in [-0.05, 0) is 46.5 Å². The van der Waals surface area contributed by atoms with E-state index in [0.29, 0.717) is 12.5 Å². The second-order valence-corrected chi connectivity index (χ2v) is 6.18. The van der Waals surface area contributed by atoms with Crippen molar-refractivity contribution >= 4 is 5.91 Å². The van der Waals surface area contributed by atoms with Crippen molar-refractivity contribution in [2.24, 2.45) is 0 Å². The van der Waals surface area contributed by atoms with Gasteiger partial charge in [0.15, 0.2) is 0 Å². The van der Waals surface area contributed by atoms with E-state index in [-0.39, 0.29) is 18.1 Å². The summed E-state index contributed by atoms with van der Waals surface area (Å²) in [6.45, 7) is 9.01. The quantitative estimate of drug-likeness (QED) is 0.733. The van der Waals surface area contributed by atoms with Crippen LogP contribution in [0.15, 0.2) is 0 Å². The molecule has 4 heteroatoms. The van der Waals surface area contributed by atoms with Crippen LogP contribution in [0.25, 0.3) is 0 Å². The molecule has 2 N–H and O–H groups in total. The first-order valence-electron chi connectivity index (χ1n) is 7.09. The standard InChI is InChI=1S/C14H28N2O2/c1-14(2,3)16-9-7-12(8-10-16)15-13(18)6-4-5-11-17/h12,17H,4-11H2,1-3H3,(H,15,18). The van der Waals surface area contributed by atoms with E-state index in [1.165, 1.54) is 0 Å². The predicted octanol–water partition coefficient (Wildman–Crippen LogP) is 1.53. The second kappa shape index (κ2) is 7.10. The van der Waals surface area contributed by atoms with Crippen LogP contribution in [0.2, 0.25) is 0 Å². The van der Waals surface area contributed by atoms with E-state index in [1.54, 1.807) is 0 Å². The average molecular weight is 256 g/mol. The molecule has 0 spiro atoms. The predicted molar refractivity (Wildman–Crippen MR) is 73.4 cm³/mol. The van der Waals surface area contributed by atoms with Gasteiger partial charge in [-0.15, -0.1) is 0 Å². The van der Waals surface area contributed by atoms with Crippen LogP contribution in [0, 0.1) is 0 Å². The third-order valence-electron chi connectivity index (χ3n) is 3.62. The Bertz CT molecular complexity index is 253. The molecule has 4 nitrogen and oxygen atoms in total. The minimum absolute atomic E-state index is 0.137. The number of unbranched alkanes of at least 4 members (excludes halogenated alkanes) is 1. The second-order valence-electron chi connectivity index (χ2n) is 6.18. The van der Waals surface area contributed by atoms with Crippen molar-refractivity contribution in [2.45, 2.75) is 64.5 Å². The molecule has 18 heavy (non-hydrogen) atoms. The summed E-state index contributed by atoms with van der Waals surface area (Å²) in [5, 5.41) is 11.8. The van der Waals surface area contributed by atoms with Crippen LogP contribution in [0.4, 0.5) is 0 Å². The van der Waals surface area contributed by atoms with E-state index in [4.69, 9.17) is 5.11 Å². The first kappa shape index (κ1) is 15.4. The van der Waals surface area contributed by atoms with Crippen LogP contribution >= 0.6 is 0 Å². The zero-order chi connectivity index (χ0) is 13.6. The summed E-state index contributed by atoms with van der Waals surface area (Å²) in [6.07, 6.45) is 4.13. The van der Waals surface area contributed by atoms with Gasteiger partial charge in [0.1, 0.15) is 0 Å². The fraction of sp³-hybridized carbons (Fsp3) is 0.929. The minimum atomic E-state index is 0.137. The molecule has 0 aromatic heterocycles. The lowest BCUT2D eigenvalue weighted by Gasteiger charge is -2.41. The maximum absolute atomic E-state index is 11.7. The number of piperidine rings is 1. The summed E-state index contributed by atoms with van der Waals surface area (Å²) < 4.78 is 0. The van der Waals surface area contributed by atoms with Crippen molar-refractivity contribution in [3.63, 3.8) is 0 Å². The first-order chi connectivity index (χ1) is 8.43. The largest absolute Gasteiger partial charge is 0.396 e. The average Bonchev–Trinajstić information content (AvgIpc) is 2.29. The lowest BCUT2D eigenvalue weighted by atomic mass is 9.98. The number of aliphatic hydroxyl groups is 1. The van der Waals surface area contributed by atoms with Crippen LogP contribution in [-0.4, -0.2) is 47.2 Å². The zero-order valence-corrected chi connectivity index (χ0v) is 12.0. The molecule has 1 aliphatic heterocycles. The van der Waals surface area contributed by atoms with Gasteiger partial charge in [-0.3, -0.25) is 9.69 Å². The summed E-state index contributed by atoms with van der Waals surface area (Å²) in [7, 11) is 0. The molecule has 0 aliphatic carbocycles. The molecule has 106 valence electrons. The van der Waals surface area contributed by atoms with Gasteiger partial charge in [0.25, 0.3) is 0 Å². The van der Waals surface area contributed by atoms with Crippen molar-refractivity contribution in [2.75, 3.05) is 19.7 Å². The van der Waals surface area contributed by atoms with E-state index in [1.807, 2.05) is 0 Å². The minimum Gasteiger partial charge on any atom is -0.396 e. The van der Waals surface area contributed by atoms with Crippen molar-refractivity contribution < 1.29 is 9.90 Å². The topological polar surface area (TPSA) is 52.6 Å². The zero-order valence-electron chi connectivity index (χ0n) is 12.0. The third-order valence-corrected chi connectivity index (χ3v) is 3.62. The monoisotopic (exact) mass is 256 g/mol. The van der Waals surface area contributed by atoms with Crippen molar-refractivity contribution in [3.8, 4) is 0 Å². The number of likely N-dealkylation sites (tertiary alicyclic amines) is 1. The summed E-state index contributed by atoms with van der Waals surface area (Å²) >= 11 is 0. The fourth-order valence-electron chi connectivity index (χ4n) is 2.39. The number of carbonyl (C=O) groups excluding carboxylic acids is 1. The van der Waals surface area contributed by atoms with Crippen LogP contribution in [0.3, 0.4) is 0 Å². The molecule has 0 bridgehead atoms. The van der Waals surface area contributed by atoms with Gasteiger partial charge in [-0.1, -0.05) is 0 Å². The van der Waals surface area contributed by atoms with E-state index < -0.39 is 0 Å². The molecule has 0 aromatic carbocycles. The molecular formula is C14H28N2O2. The van der Waals surface area contributed by atoms with Gasteiger partial charge in [0.05, 0.1) is 0 Å². The molecule has 1 saturated heterocycles. The third kappa shape index (κ3) is 5.36. The summed E-state index contributed by atoms with van der Waals surface area (Å²) in [6, 6.07) is 0.338. The van der Waals surface area contributed by atoms with E-state index >= 15 is 0 Å². The number of rotatable bonds is 5. The normalized spacial score (nSPS) is 18.9. The van der Waals surface area contributed by atoms with Crippen LogP contribution in [0.1, 0.15) is 52.9 Å². The van der Waals surface area contributed by atoms with Gasteiger partial charge < -0.3 is 10.4 Å². The summed E-state index contributed by atoms with van der Waals surface area (Å²) in [5.41, 5.74) is 0.232. The van der Waals surface area contributed by atoms with Crippen molar-refractivity contribution in [1.82, 2.24) is 10.2 Å². The van der Waals surface area contributed by atoms with Crippen LogP contribution in [0.5, 0.6) is 0 Å². The number of amides is 1. The highest BCUT2D eigenvalue weighted by Crippen LogP contribution is 2.20. The number of nitrogens with zero attached hydrogens (tertiary/aromatic N) is 1. The summed E-state index contributed by atoms with van der Waals surface area (Å²) in [5.74, 6) is 0.137. The highest BCUT2D eigenvalue weighted by molar-refractivity contribution is 5.76. The Kier molecular flexibility index (Phi) is 6.09. The van der Waals surface area contributed by atoms with E-state index in [2.05, 4.69) is 31.0 Å². The number of carbonyl (C=O) groups is 1. The number of hydrogen-bond acceptors (Lipinski definition) is 3. The smallest absolute Gasteiger partial charge is 0.220 e. The highest BCUT2D eigenvalue weighted by Gasteiger charge is 2.27. The van der Waals surface area contributed by atoms with Gasteiger partial charge in [0, 0.05) is 37.7 Å². The van der Waals surface area contributed by atoms with Gasteiger partial charge in [-0.25, -0.2) is 0 Å². The van der Waals surface area contributed by atoms with Crippen LogP contribution in [-0.2, 0) is 4.79 Å². The Morgan fingerprint density at radius 1 is 1.28 bits per heavy atom. The molecule has 0 atom stereocenters. The van der Waals surface area contributed by atoms with Crippen molar-refractivity contribution in [1.29, 1.82) is 0 Å². The molecule has 0 aromatic rings. The summed E-state index contributed by atoms with van der Waals surface area (Å²) in [4.78, 5) is 14.1. The Morgan fingerprint density at radius 3 is 2.39 bits per heavy atom. The lowest BCUT2D eigenvalue weighted by Crippen LogP contribution is -2.50. The molecule has 1 amide bonds. The van der Waals surface area contributed by atoms with Crippen molar-refractivity contribution in [3.05, 3.63) is 0 Å². The molecule has 0 unspecified atom stereocenters. The maximum Gasteiger partial charge on any atom is 0.220 e. The first-order valence-corrected chi connectivity index (χ1v) is 7.09. The maximum atomic E-state index is 11.7. The SMILES string of the molecule is CC(C)(C)N1CCC(NC(=O)CCCCO)CC1. The molecule has 1 fully saturated rings. The molecule has 0 radical (unpaired) electrons.